The van der Waals surface area contributed by atoms with Crippen LogP contribution in [0.15, 0.2) is 18.2 Å². The summed E-state index contributed by atoms with van der Waals surface area (Å²) in [6.45, 7) is 8.17. The van der Waals surface area contributed by atoms with E-state index < -0.39 is 24.3 Å². The van der Waals surface area contributed by atoms with Gasteiger partial charge < -0.3 is 14.9 Å². The topological polar surface area (TPSA) is 103 Å². The second-order valence-electron chi connectivity index (χ2n) is 7.85. The van der Waals surface area contributed by atoms with Crippen LogP contribution in [0.1, 0.15) is 24.2 Å². The number of pyridine rings is 1. The third-order valence-corrected chi connectivity index (χ3v) is 5.35. The summed E-state index contributed by atoms with van der Waals surface area (Å²) >= 11 is 0. The van der Waals surface area contributed by atoms with E-state index in [1.807, 2.05) is 0 Å². The Morgan fingerprint density at radius 2 is 1.53 bits per heavy atom. The third-order valence-electron chi connectivity index (χ3n) is 5.35. The first-order valence-corrected chi connectivity index (χ1v) is 10.1. The molecule has 2 saturated heterocycles. The van der Waals surface area contributed by atoms with Gasteiger partial charge in [0.25, 0.3) is 0 Å². The maximum absolute atomic E-state index is 10.6. The Labute approximate surface area is 192 Å². The SMILES string of the molecule is Cc1cccc(CN2CCC3(CC2)COCCN3C)n1.O=C(O)C(F)(F)F.O=C(O)C(F)(F)F. The molecular weight excluding hydrogens is 476 g/mol. The van der Waals surface area contributed by atoms with Crippen molar-refractivity contribution < 1.29 is 50.9 Å². The van der Waals surface area contributed by atoms with Crippen LogP contribution in [0, 0.1) is 6.92 Å². The standard InChI is InChI=1S/C16H25N3O.2C2HF3O2/c1-14-4-3-5-15(17-14)12-19-8-6-16(7-9-19)13-20-11-10-18(16)2;2*3-2(4,5)1(6)7/h3-5H,6-13H2,1-2H3;2*(H,6,7). The molecule has 3 rings (SSSR count). The summed E-state index contributed by atoms with van der Waals surface area (Å²) in [7, 11) is 2.25. The highest BCUT2D eigenvalue weighted by atomic mass is 19.4. The molecular formula is C20H27F6N3O5. The van der Waals surface area contributed by atoms with Crippen LogP contribution in [0.3, 0.4) is 0 Å². The predicted octanol–water partition coefficient (Wildman–Crippen LogP) is 2.95. The predicted molar refractivity (Wildman–Crippen MR) is 107 cm³/mol. The van der Waals surface area contributed by atoms with Gasteiger partial charge >= 0.3 is 24.3 Å². The molecule has 14 heteroatoms. The number of hydrogen-bond donors (Lipinski definition) is 2. The Morgan fingerprint density at radius 3 is 1.94 bits per heavy atom. The van der Waals surface area contributed by atoms with Gasteiger partial charge in [0.2, 0.25) is 0 Å². The van der Waals surface area contributed by atoms with Crippen molar-refractivity contribution in [2.45, 2.75) is 44.2 Å². The highest BCUT2D eigenvalue weighted by Gasteiger charge is 2.40. The van der Waals surface area contributed by atoms with Crippen LogP contribution >= 0.6 is 0 Å². The van der Waals surface area contributed by atoms with E-state index >= 15 is 0 Å². The number of carbonyl (C=O) groups is 2. The van der Waals surface area contributed by atoms with Gasteiger partial charge in [-0.1, -0.05) is 6.07 Å². The maximum Gasteiger partial charge on any atom is 0.490 e. The fourth-order valence-electron chi connectivity index (χ4n) is 3.38. The van der Waals surface area contributed by atoms with Crippen molar-refractivity contribution >= 4 is 11.9 Å². The summed E-state index contributed by atoms with van der Waals surface area (Å²) in [6, 6.07) is 6.29. The van der Waals surface area contributed by atoms with E-state index in [4.69, 9.17) is 24.5 Å². The van der Waals surface area contributed by atoms with Gasteiger partial charge in [-0.25, -0.2) is 9.59 Å². The second-order valence-corrected chi connectivity index (χ2v) is 7.85. The van der Waals surface area contributed by atoms with Crippen LogP contribution in [0.5, 0.6) is 0 Å². The minimum atomic E-state index is -5.08. The van der Waals surface area contributed by atoms with Gasteiger partial charge in [0.15, 0.2) is 0 Å². The molecule has 0 atom stereocenters. The summed E-state index contributed by atoms with van der Waals surface area (Å²) in [4.78, 5) is 27.4. The van der Waals surface area contributed by atoms with Crippen molar-refractivity contribution in [1.29, 1.82) is 0 Å². The molecule has 0 amide bonds. The first kappa shape index (κ1) is 29.6. The number of aliphatic carboxylic acids is 2. The first-order valence-electron chi connectivity index (χ1n) is 10.1. The molecule has 0 unspecified atom stereocenters. The number of halogens is 6. The lowest BCUT2D eigenvalue weighted by Gasteiger charge is -2.49. The number of likely N-dealkylation sites (tertiary alicyclic amines) is 1. The fraction of sp³-hybridized carbons (Fsp3) is 0.650. The average molecular weight is 503 g/mol. The molecule has 2 fully saturated rings. The zero-order chi connectivity index (χ0) is 26.2. The number of nitrogens with zero attached hydrogens (tertiary/aromatic N) is 3. The molecule has 8 nitrogen and oxygen atoms in total. The largest absolute Gasteiger partial charge is 0.490 e. The normalized spacial score (nSPS) is 18.8. The number of hydrogen-bond acceptors (Lipinski definition) is 6. The molecule has 2 aliphatic rings. The molecule has 1 aromatic heterocycles. The number of morpholine rings is 1. The molecule has 0 bridgehead atoms. The van der Waals surface area contributed by atoms with E-state index in [1.54, 1.807) is 0 Å². The summed E-state index contributed by atoms with van der Waals surface area (Å²) in [5, 5.41) is 14.2. The van der Waals surface area contributed by atoms with Gasteiger partial charge in [-0.05, 0) is 38.9 Å². The van der Waals surface area contributed by atoms with Crippen LogP contribution < -0.4 is 0 Å². The van der Waals surface area contributed by atoms with E-state index in [0.717, 1.165) is 45.1 Å². The lowest BCUT2D eigenvalue weighted by atomic mass is 9.86. The van der Waals surface area contributed by atoms with Gasteiger partial charge in [0, 0.05) is 37.4 Å². The second kappa shape index (κ2) is 12.3. The molecule has 2 aliphatic heterocycles. The molecule has 0 aliphatic carbocycles. The molecule has 194 valence electrons. The quantitative estimate of drug-likeness (QED) is 0.594. The lowest BCUT2D eigenvalue weighted by molar-refractivity contribution is -0.193. The lowest BCUT2D eigenvalue weighted by Crippen LogP contribution is -2.59. The Bertz CT molecular complexity index is 787. The van der Waals surface area contributed by atoms with Crippen LogP contribution in [0.25, 0.3) is 0 Å². The summed E-state index contributed by atoms with van der Waals surface area (Å²) in [5.41, 5.74) is 2.58. The molecule has 2 N–H and O–H groups in total. The zero-order valence-corrected chi connectivity index (χ0v) is 18.6. The number of aromatic nitrogens is 1. The Morgan fingerprint density at radius 1 is 1.03 bits per heavy atom. The summed E-state index contributed by atoms with van der Waals surface area (Å²) in [6.07, 6.45) is -7.76. The first-order chi connectivity index (χ1) is 15.6. The van der Waals surface area contributed by atoms with Gasteiger partial charge in [0.1, 0.15) is 0 Å². The Kier molecular flexibility index (Phi) is 10.7. The number of alkyl halides is 6. The van der Waals surface area contributed by atoms with Gasteiger partial charge in [-0.2, -0.15) is 26.3 Å². The molecule has 0 saturated carbocycles. The molecule has 1 spiro atoms. The van der Waals surface area contributed by atoms with E-state index in [2.05, 4.69) is 47.0 Å². The molecule has 0 radical (unpaired) electrons. The fourth-order valence-corrected chi connectivity index (χ4v) is 3.38. The minimum Gasteiger partial charge on any atom is -0.475 e. The van der Waals surface area contributed by atoms with E-state index in [-0.39, 0.29) is 5.54 Å². The highest BCUT2D eigenvalue weighted by molar-refractivity contribution is 5.73. The number of piperidine rings is 1. The van der Waals surface area contributed by atoms with Gasteiger partial charge in [0.05, 0.1) is 18.9 Å². The smallest absolute Gasteiger partial charge is 0.475 e. The monoisotopic (exact) mass is 503 g/mol. The van der Waals surface area contributed by atoms with Crippen molar-refractivity contribution in [2.75, 3.05) is 39.9 Å². The van der Waals surface area contributed by atoms with Crippen molar-refractivity contribution in [3.8, 4) is 0 Å². The highest BCUT2D eigenvalue weighted by Crippen LogP contribution is 2.31. The van der Waals surface area contributed by atoms with Crippen molar-refractivity contribution in [3.05, 3.63) is 29.6 Å². The Balaban J connectivity index is 0.000000343. The number of rotatable bonds is 2. The van der Waals surface area contributed by atoms with Gasteiger partial charge in [-0.3, -0.25) is 14.8 Å². The number of aryl methyl sites for hydroxylation is 1. The molecule has 1 aromatic rings. The van der Waals surface area contributed by atoms with Crippen molar-refractivity contribution in [3.63, 3.8) is 0 Å². The van der Waals surface area contributed by atoms with Crippen LogP contribution in [0.2, 0.25) is 0 Å². The number of carboxylic acid groups (broad SMARTS) is 2. The van der Waals surface area contributed by atoms with E-state index in [1.165, 1.54) is 18.5 Å². The van der Waals surface area contributed by atoms with Crippen LogP contribution in [0.4, 0.5) is 26.3 Å². The third kappa shape index (κ3) is 9.81. The van der Waals surface area contributed by atoms with Crippen molar-refractivity contribution in [2.24, 2.45) is 0 Å². The van der Waals surface area contributed by atoms with E-state index in [9.17, 15) is 26.3 Å². The van der Waals surface area contributed by atoms with Crippen molar-refractivity contribution in [1.82, 2.24) is 14.8 Å². The zero-order valence-electron chi connectivity index (χ0n) is 18.6. The van der Waals surface area contributed by atoms with E-state index in [0.29, 0.717) is 0 Å². The van der Waals surface area contributed by atoms with Crippen LogP contribution in [-0.2, 0) is 20.9 Å². The minimum absolute atomic E-state index is 0.286. The summed E-state index contributed by atoms with van der Waals surface area (Å²) < 4.78 is 69.2. The molecule has 3 heterocycles. The summed E-state index contributed by atoms with van der Waals surface area (Å²) in [5.74, 6) is -5.51. The number of likely N-dealkylation sites (N-methyl/N-ethyl adjacent to an activating group) is 1. The Hall–Kier alpha value is -2.45. The molecule has 34 heavy (non-hydrogen) atoms. The average Bonchev–Trinajstić information content (AvgIpc) is 2.71. The maximum atomic E-state index is 10.6. The van der Waals surface area contributed by atoms with Crippen LogP contribution in [-0.4, -0.2) is 94.7 Å². The number of ether oxygens (including phenoxy) is 1. The van der Waals surface area contributed by atoms with Gasteiger partial charge in [-0.15, -0.1) is 0 Å². The number of carboxylic acids is 2. The molecule has 0 aromatic carbocycles.